The van der Waals surface area contributed by atoms with Crippen LogP contribution in [0.1, 0.15) is 49.3 Å². The molecule has 4 rings (SSSR count). The maximum absolute atomic E-state index is 8.60. The van der Waals surface area contributed by atoms with Gasteiger partial charge in [-0.1, -0.05) is 6.07 Å². The Morgan fingerprint density at radius 2 is 1.79 bits per heavy atom. The summed E-state index contributed by atoms with van der Waals surface area (Å²) < 4.78 is 43.8. The molecule has 8 nitrogen and oxygen atoms in total. The number of halogens is 1. The van der Waals surface area contributed by atoms with Gasteiger partial charge >= 0.3 is 0 Å². The van der Waals surface area contributed by atoms with E-state index in [-0.39, 0.29) is 0 Å². The molecule has 1 aromatic rings. The third kappa shape index (κ3) is 4.26. The third-order valence-electron chi connectivity index (χ3n) is 5.57. The molecule has 154 valence electrons. The molecule has 0 spiro atoms. The van der Waals surface area contributed by atoms with Crippen molar-refractivity contribution >= 4 is 5.71 Å². The molecule has 2 heterocycles. The van der Waals surface area contributed by atoms with Gasteiger partial charge in [-0.25, -0.2) is 0 Å². The molecule has 0 fully saturated rings. The molecule has 0 bridgehead atoms. The lowest BCUT2D eigenvalue weighted by Crippen LogP contribution is -2.58. The van der Waals surface area contributed by atoms with Crippen molar-refractivity contribution in [2.24, 2.45) is 0 Å². The van der Waals surface area contributed by atoms with E-state index in [0.29, 0.717) is 6.04 Å². The third-order valence-corrected chi connectivity index (χ3v) is 5.57. The Morgan fingerprint density at radius 3 is 2.43 bits per heavy atom. The van der Waals surface area contributed by atoms with Crippen molar-refractivity contribution in [1.29, 1.82) is 5.41 Å². The molecule has 1 atom stereocenters. The fourth-order valence-electron chi connectivity index (χ4n) is 4.52. The Hall–Kier alpha value is -1.84. The van der Waals surface area contributed by atoms with Crippen molar-refractivity contribution in [3.05, 3.63) is 34.5 Å². The molecule has 2 N–H and O–H groups in total. The zero-order valence-electron chi connectivity index (χ0n) is 16.0. The molecular weight excluding hydrogens is 388 g/mol. The van der Waals surface area contributed by atoms with E-state index in [2.05, 4.69) is 11.0 Å². The predicted molar refractivity (Wildman–Crippen MR) is 92.8 cm³/mol. The summed E-state index contributed by atoms with van der Waals surface area (Å²) in [5.74, 6) is 1.68. The summed E-state index contributed by atoms with van der Waals surface area (Å²) >= 11 is 0. The van der Waals surface area contributed by atoms with E-state index in [1.165, 1.54) is 35.2 Å². The van der Waals surface area contributed by atoms with Gasteiger partial charge in [-0.3, -0.25) is 0 Å². The van der Waals surface area contributed by atoms with Crippen LogP contribution in [0.15, 0.2) is 23.4 Å². The quantitative estimate of drug-likeness (QED) is 0.682. The number of nitrogens with zero attached hydrogens (tertiary/aromatic N) is 1. The summed E-state index contributed by atoms with van der Waals surface area (Å²) in [6.45, 7) is 1.02. The van der Waals surface area contributed by atoms with Gasteiger partial charge in [0, 0.05) is 29.9 Å². The van der Waals surface area contributed by atoms with E-state index in [4.69, 9.17) is 33.5 Å². The van der Waals surface area contributed by atoms with Crippen LogP contribution >= 0.6 is 0 Å². The standard InChI is InChI=1S/C19H24N2O2.ClHO4/c1-22-18-8-7-12-13(19(18)23-2)9-10-21-16-6-4-3-5-14(16)15(20)11-17(12)21;2-1(3,4)5/h7-8,17,20H,3-6,9-11H2,1-2H3;(H,2,3,4,5). The molecule has 0 saturated carbocycles. The lowest BCUT2D eigenvalue weighted by atomic mass is 9.79. The molecule has 1 aliphatic carbocycles. The Bertz CT molecular complexity index is 783. The van der Waals surface area contributed by atoms with Crippen molar-refractivity contribution < 1.29 is 38.4 Å². The summed E-state index contributed by atoms with van der Waals surface area (Å²) in [5.41, 5.74) is 6.20. The van der Waals surface area contributed by atoms with Gasteiger partial charge < -0.3 is 19.8 Å². The minimum absolute atomic E-state index is 0.294. The van der Waals surface area contributed by atoms with Crippen LogP contribution in [-0.2, 0) is 6.42 Å². The fourth-order valence-corrected chi connectivity index (χ4v) is 4.52. The lowest BCUT2D eigenvalue weighted by molar-refractivity contribution is -1.92. The molecule has 1 unspecified atom stereocenters. The predicted octanol–water partition coefficient (Wildman–Crippen LogP) is -0.269. The molecular formula is C19H25ClN2O6. The first-order chi connectivity index (χ1) is 13.2. The van der Waals surface area contributed by atoms with Crippen LogP contribution in [0.2, 0.25) is 0 Å². The SMILES string of the molecule is COc1ccc2c(c1OC)CCN1C3=C(CCCC3)C(=N)CC21.[O-][Cl+3]([O-])([O-])O. The summed E-state index contributed by atoms with van der Waals surface area (Å²) in [4.78, 5) is 2.57. The van der Waals surface area contributed by atoms with Crippen LogP contribution < -0.4 is 23.5 Å². The van der Waals surface area contributed by atoms with E-state index in [9.17, 15) is 0 Å². The van der Waals surface area contributed by atoms with E-state index in [1.807, 2.05) is 6.07 Å². The zero-order chi connectivity index (χ0) is 20.5. The molecule has 1 aromatic carbocycles. The average molecular weight is 413 g/mol. The molecule has 9 heteroatoms. The van der Waals surface area contributed by atoms with Gasteiger partial charge in [0.05, 0.1) is 35.2 Å². The second-order valence-corrected chi connectivity index (χ2v) is 7.83. The number of nitrogens with one attached hydrogen (secondary N) is 1. The zero-order valence-corrected chi connectivity index (χ0v) is 16.8. The molecule has 0 amide bonds. The normalized spacial score (nSPS) is 21.1. The molecule has 3 aliphatic rings. The van der Waals surface area contributed by atoms with Crippen molar-refractivity contribution in [2.45, 2.75) is 44.6 Å². The average Bonchev–Trinajstić information content (AvgIpc) is 2.65. The van der Waals surface area contributed by atoms with Crippen LogP contribution in [-0.4, -0.2) is 36.0 Å². The summed E-state index contributed by atoms with van der Waals surface area (Å²) in [6.07, 6.45) is 6.53. The first-order valence-electron chi connectivity index (χ1n) is 9.18. The highest BCUT2D eigenvalue weighted by molar-refractivity contribution is 6.00. The molecule has 0 aromatic heterocycles. The van der Waals surface area contributed by atoms with E-state index in [1.54, 1.807) is 14.2 Å². The van der Waals surface area contributed by atoms with Crippen LogP contribution in [0.25, 0.3) is 0 Å². The number of ether oxygens (including phenoxy) is 2. The number of methoxy groups -OCH3 is 2. The second-order valence-electron chi connectivity index (χ2n) is 7.04. The number of rotatable bonds is 2. The van der Waals surface area contributed by atoms with Crippen molar-refractivity contribution in [2.75, 3.05) is 20.8 Å². The van der Waals surface area contributed by atoms with Crippen LogP contribution in [0.3, 0.4) is 0 Å². The number of hydrogen-bond donors (Lipinski definition) is 2. The number of benzene rings is 1. The summed E-state index contributed by atoms with van der Waals surface area (Å²) in [5, 5.41) is 8.51. The van der Waals surface area contributed by atoms with E-state index in [0.717, 1.165) is 49.4 Å². The monoisotopic (exact) mass is 412 g/mol. The van der Waals surface area contributed by atoms with Gasteiger partial charge in [0.15, 0.2) is 11.5 Å². The highest BCUT2D eigenvalue weighted by Gasteiger charge is 2.37. The van der Waals surface area contributed by atoms with Gasteiger partial charge in [-0.15, -0.1) is 0 Å². The fraction of sp³-hybridized carbons (Fsp3) is 0.526. The first-order valence-corrected chi connectivity index (χ1v) is 10.4. The Kier molecular flexibility index (Phi) is 6.16. The van der Waals surface area contributed by atoms with Crippen molar-refractivity contribution in [3.8, 4) is 11.5 Å². The highest BCUT2D eigenvalue weighted by atomic mass is 35.7. The smallest absolute Gasteiger partial charge is 0.164 e. The van der Waals surface area contributed by atoms with Crippen molar-refractivity contribution in [3.63, 3.8) is 0 Å². The van der Waals surface area contributed by atoms with Gasteiger partial charge in [-0.05, 0) is 49.3 Å². The first kappa shape index (κ1) is 20.9. The number of hydrogen-bond acceptors (Lipinski definition) is 8. The van der Waals surface area contributed by atoms with Gasteiger partial charge in [0.1, 0.15) is 0 Å². The Morgan fingerprint density at radius 1 is 1.11 bits per heavy atom. The van der Waals surface area contributed by atoms with Crippen LogP contribution in [0.5, 0.6) is 11.5 Å². The lowest BCUT2D eigenvalue weighted by Gasteiger charge is -2.46. The van der Waals surface area contributed by atoms with E-state index < -0.39 is 10.2 Å². The maximum atomic E-state index is 8.60. The molecule has 0 saturated heterocycles. The Balaban J connectivity index is 0.000000403. The van der Waals surface area contributed by atoms with Gasteiger partial charge in [-0.2, -0.15) is 14.0 Å². The maximum Gasteiger partial charge on any atom is 0.164 e. The van der Waals surface area contributed by atoms with Crippen LogP contribution in [0, 0.1) is 15.7 Å². The summed E-state index contributed by atoms with van der Waals surface area (Å²) in [6, 6.07) is 4.48. The van der Waals surface area contributed by atoms with Gasteiger partial charge in [0.2, 0.25) is 0 Å². The minimum atomic E-state index is -4.69. The molecule has 2 aliphatic heterocycles. The van der Waals surface area contributed by atoms with E-state index >= 15 is 0 Å². The highest BCUT2D eigenvalue weighted by Crippen LogP contribution is 2.47. The molecule has 0 radical (unpaired) electrons. The topological polar surface area (TPSA) is 135 Å². The number of fused-ring (bicyclic) bond motifs is 4. The van der Waals surface area contributed by atoms with Gasteiger partial charge in [0.25, 0.3) is 0 Å². The largest absolute Gasteiger partial charge is 0.493 e. The second kappa shape index (κ2) is 8.26. The van der Waals surface area contributed by atoms with Crippen LogP contribution in [0.4, 0.5) is 0 Å². The minimum Gasteiger partial charge on any atom is -0.493 e. The Labute approximate surface area is 166 Å². The summed E-state index contributed by atoms with van der Waals surface area (Å²) in [7, 11) is -1.29. The number of allylic oxidation sites excluding steroid dienone is 2. The van der Waals surface area contributed by atoms with Crippen molar-refractivity contribution in [1.82, 2.24) is 4.90 Å². The molecule has 28 heavy (non-hydrogen) atoms.